The maximum absolute atomic E-state index is 14.5. The second kappa shape index (κ2) is 10.3. The number of benzene rings is 1. The zero-order chi connectivity index (χ0) is 31.7. The maximum atomic E-state index is 14.5. The molecule has 0 saturated heterocycles. The van der Waals surface area contributed by atoms with E-state index >= 15 is 0 Å². The number of anilines is 3. The van der Waals surface area contributed by atoms with E-state index in [-0.39, 0.29) is 41.7 Å². The molecule has 238 valence electrons. The standard InChI is InChI=1S/C33H32F6N4O2/c34-28(35)45-24-5-7-26(41-16-24)42-22-2-1-3-23(14-22)43(27(44)31-17-32(36,18-31)19-31)20-29-8-11-30(12-9-29,13-10-29)25-6-4-21(15-40-25)33(37,38)39/h1-7,14-16,28H,8-13,17-20H2,(H,41,42). The van der Waals surface area contributed by atoms with Gasteiger partial charge in [0.25, 0.3) is 0 Å². The lowest BCUT2D eigenvalue weighted by atomic mass is 9.41. The molecule has 0 aliphatic heterocycles. The van der Waals surface area contributed by atoms with E-state index in [1.807, 2.05) is 23.1 Å². The largest absolute Gasteiger partial charge is 0.433 e. The highest BCUT2D eigenvalue weighted by Gasteiger charge is 2.73. The van der Waals surface area contributed by atoms with Gasteiger partial charge in [0.1, 0.15) is 17.2 Å². The van der Waals surface area contributed by atoms with Gasteiger partial charge in [-0.3, -0.25) is 9.78 Å². The first-order chi connectivity index (χ1) is 21.3. The van der Waals surface area contributed by atoms with Gasteiger partial charge in [-0.05, 0) is 106 Å². The summed E-state index contributed by atoms with van der Waals surface area (Å²) in [7, 11) is 0. The Morgan fingerprint density at radius 1 is 0.933 bits per heavy atom. The van der Waals surface area contributed by atoms with Crippen LogP contribution >= 0.6 is 0 Å². The topological polar surface area (TPSA) is 67.4 Å². The molecular weight excluding hydrogens is 598 g/mol. The summed E-state index contributed by atoms with van der Waals surface area (Å²) in [6.45, 7) is -2.49. The van der Waals surface area contributed by atoms with E-state index in [0.29, 0.717) is 29.4 Å². The molecule has 9 rings (SSSR count). The highest BCUT2D eigenvalue weighted by Crippen LogP contribution is 2.70. The number of rotatable bonds is 9. The van der Waals surface area contributed by atoms with Crippen molar-refractivity contribution in [3.05, 3.63) is 72.2 Å². The lowest BCUT2D eigenvalue weighted by Crippen LogP contribution is -2.71. The number of carbonyl (C=O) groups is 1. The number of nitrogens with zero attached hydrogens (tertiary/aromatic N) is 3. The minimum atomic E-state index is -4.44. The van der Waals surface area contributed by atoms with Crippen LogP contribution in [-0.4, -0.2) is 34.7 Å². The summed E-state index contributed by atoms with van der Waals surface area (Å²) in [5.74, 6) is 0.256. The van der Waals surface area contributed by atoms with Crippen molar-refractivity contribution in [2.75, 3.05) is 16.8 Å². The van der Waals surface area contributed by atoms with Gasteiger partial charge in [0, 0.05) is 35.2 Å². The third-order valence-electron chi connectivity index (χ3n) is 10.6. The third-order valence-corrected chi connectivity index (χ3v) is 10.6. The zero-order valence-electron chi connectivity index (χ0n) is 24.3. The third kappa shape index (κ3) is 5.39. The minimum Gasteiger partial charge on any atom is -0.433 e. The monoisotopic (exact) mass is 630 g/mol. The molecule has 2 aromatic heterocycles. The molecular formula is C33H32F6N4O2. The number of hydrogen-bond donors (Lipinski definition) is 1. The fourth-order valence-electron chi connectivity index (χ4n) is 8.08. The first-order valence-electron chi connectivity index (χ1n) is 15.1. The van der Waals surface area contributed by atoms with E-state index in [0.717, 1.165) is 50.8 Å². The van der Waals surface area contributed by atoms with Gasteiger partial charge in [-0.1, -0.05) is 6.07 Å². The smallest absolute Gasteiger partial charge is 0.417 e. The van der Waals surface area contributed by atoms with Gasteiger partial charge in [-0.15, -0.1) is 0 Å². The Hall–Kier alpha value is -3.83. The van der Waals surface area contributed by atoms with E-state index in [1.54, 1.807) is 6.07 Å². The molecule has 4 bridgehead atoms. The Morgan fingerprint density at radius 3 is 2.20 bits per heavy atom. The lowest BCUT2D eigenvalue weighted by molar-refractivity contribution is -0.211. The van der Waals surface area contributed by atoms with Crippen molar-refractivity contribution in [1.82, 2.24) is 9.97 Å². The molecule has 1 amide bonds. The Morgan fingerprint density at radius 2 is 1.64 bits per heavy atom. The van der Waals surface area contributed by atoms with E-state index in [4.69, 9.17) is 0 Å². The summed E-state index contributed by atoms with van der Waals surface area (Å²) in [6.07, 6.45) is 3.09. The molecule has 3 aromatic rings. The van der Waals surface area contributed by atoms with Crippen molar-refractivity contribution >= 4 is 23.1 Å². The van der Waals surface area contributed by atoms with Crippen molar-refractivity contribution in [1.29, 1.82) is 0 Å². The molecule has 0 unspecified atom stereocenters. The van der Waals surface area contributed by atoms with Crippen molar-refractivity contribution in [2.24, 2.45) is 10.8 Å². The number of halogens is 6. The van der Waals surface area contributed by atoms with Gasteiger partial charge < -0.3 is 15.0 Å². The van der Waals surface area contributed by atoms with E-state index in [9.17, 15) is 31.1 Å². The SMILES string of the molecule is O=C(N(CC12CCC(c3ccc(C(F)(F)F)cn3)(CC1)CC2)c1cccc(Nc2ccc(OC(F)F)cn2)c1)C12CC(F)(C1)C2. The molecule has 6 aliphatic carbocycles. The molecule has 1 N–H and O–H groups in total. The first kappa shape index (κ1) is 29.9. The molecule has 6 nitrogen and oxygen atoms in total. The number of alkyl halides is 6. The molecule has 2 heterocycles. The second-order valence-electron chi connectivity index (χ2n) is 13.5. The van der Waals surface area contributed by atoms with Crippen LogP contribution in [0, 0.1) is 10.8 Å². The van der Waals surface area contributed by atoms with Gasteiger partial charge >= 0.3 is 12.8 Å². The number of fused-ring (bicyclic) bond motifs is 3. The van der Waals surface area contributed by atoms with Crippen LogP contribution in [0.4, 0.5) is 43.5 Å². The number of amides is 1. The van der Waals surface area contributed by atoms with E-state index in [1.165, 1.54) is 24.4 Å². The number of nitrogens with one attached hydrogen (secondary N) is 1. The number of ether oxygens (including phenoxy) is 1. The summed E-state index contributed by atoms with van der Waals surface area (Å²) in [6, 6.07) is 12.8. The maximum Gasteiger partial charge on any atom is 0.417 e. The molecule has 1 aromatic carbocycles. The molecule has 0 spiro atoms. The summed E-state index contributed by atoms with van der Waals surface area (Å²) < 4.78 is 83.3. The van der Waals surface area contributed by atoms with Crippen LogP contribution in [-0.2, 0) is 16.4 Å². The Kier molecular flexibility index (Phi) is 6.87. The molecule has 45 heavy (non-hydrogen) atoms. The molecule has 6 aliphatic rings. The van der Waals surface area contributed by atoms with Gasteiger partial charge in [-0.25, -0.2) is 9.37 Å². The van der Waals surface area contributed by atoms with Crippen LogP contribution in [0.2, 0.25) is 0 Å². The second-order valence-corrected chi connectivity index (χ2v) is 13.5. The Balaban J connectivity index is 1.10. The summed E-state index contributed by atoms with van der Waals surface area (Å²) in [5, 5.41) is 3.14. The molecule has 0 radical (unpaired) electrons. The highest BCUT2D eigenvalue weighted by atomic mass is 19.4. The highest BCUT2D eigenvalue weighted by molar-refractivity contribution is 6.00. The van der Waals surface area contributed by atoms with Crippen LogP contribution in [0.15, 0.2) is 60.9 Å². The van der Waals surface area contributed by atoms with Crippen molar-refractivity contribution < 1.29 is 35.9 Å². The summed E-state index contributed by atoms with van der Waals surface area (Å²) in [5.41, 5.74) is -1.13. The number of aromatic nitrogens is 2. The first-order valence-corrected chi connectivity index (χ1v) is 15.1. The number of hydrogen-bond acceptors (Lipinski definition) is 5. The summed E-state index contributed by atoms with van der Waals surface area (Å²) in [4.78, 5) is 24.3. The van der Waals surface area contributed by atoms with Crippen LogP contribution in [0.5, 0.6) is 5.75 Å². The predicted molar refractivity (Wildman–Crippen MR) is 154 cm³/mol. The Bertz CT molecular complexity index is 1550. The molecule has 6 saturated carbocycles. The van der Waals surface area contributed by atoms with Crippen LogP contribution in [0.25, 0.3) is 0 Å². The van der Waals surface area contributed by atoms with Gasteiger partial charge in [0.2, 0.25) is 5.91 Å². The zero-order valence-corrected chi connectivity index (χ0v) is 24.3. The van der Waals surface area contributed by atoms with Crippen molar-refractivity contribution in [3.8, 4) is 5.75 Å². The Labute approximate surface area is 256 Å². The molecule has 6 fully saturated rings. The van der Waals surface area contributed by atoms with Crippen LogP contribution in [0.1, 0.15) is 69.0 Å². The quantitative estimate of drug-likeness (QED) is 0.241. The number of pyridine rings is 2. The molecule has 0 atom stereocenters. The molecule has 12 heteroatoms. The van der Waals surface area contributed by atoms with E-state index in [2.05, 4.69) is 20.0 Å². The fourth-order valence-corrected chi connectivity index (χ4v) is 8.08. The minimum absolute atomic E-state index is 0.0670. The summed E-state index contributed by atoms with van der Waals surface area (Å²) >= 11 is 0. The van der Waals surface area contributed by atoms with Crippen molar-refractivity contribution in [2.45, 2.75) is 81.7 Å². The van der Waals surface area contributed by atoms with Gasteiger partial charge in [0.05, 0.1) is 17.2 Å². The van der Waals surface area contributed by atoms with Gasteiger partial charge in [-0.2, -0.15) is 22.0 Å². The number of carbonyl (C=O) groups excluding carboxylic acids is 1. The van der Waals surface area contributed by atoms with Gasteiger partial charge in [0.15, 0.2) is 0 Å². The van der Waals surface area contributed by atoms with Crippen LogP contribution < -0.4 is 15.0 Å². The normalized spacial score (nSPS) is 29.9. The fraction of sp³-hybridized carbons (Fsp3) is 0.485. The van der Waals surface area contributed by atoms with Crippen molar-refractivity contribution in [3.63, 3.8) is 0 Å². The predicted octanol–water partition coefficient (Wildman–Crippen LogP) is 8.36. The van der Waals surface area contributed by atoms with E-state index < -0.39 is 29.4 Å². The van der Waals surface area contributed by atoms with Crippen LogP contribution in [0.3, 0.4) is 0 Å². The lowest BCUT2D eigenvalue weighted by Gasteiger charge is -2.65. The average molecular weight is 631 g/mol. The average Bonchev–Trinajstić information content (AvgIpc) is 2.99.